The Morgan fingerprint density at radius 3 is 1.93 bits per heavy atom. The van der Waals surface area contributed by atoms with E-state index >= 15 is 0 Å². The molecule has 2 N–H and O–H groups in total. The number of hydrogen-bond acceptors (Lipinski definition) is 6. The van der Waals surface area contributed by atoms with Crippen LogP contribution in [0, 0.1) is 5.41 Å². The normalized spacial score (nSPS) is 23.1. The smallest absolute Gasteiger partial charge is 0.236 e. The van der Waals surface area contributed by atoms with Gasteiger partial charge in [-0.15, -0.1) is 24.8 Å². The standard InChI is InChI=1S/C17H30N4O4.2ClH/c18-14-17(1-9-24-10-2-17)16(23)21-5-3-19(4-6-21)13-15(22)20-7-11-25-12-8-20;;/h1-14,18H2;2*1H. The van der Waals surface area contributed by atoms with E-state index in [0.717, 1.165) is 13.1 Å². The third kappa shape index (κ3) is 5.92. The summed E-state index contributed by atoms with van der Waals surface area (Å²) in [5, 5.41) is 0. The average Bonchev–Trinajstić information content (AvgIpc) is 2.69. The number of nitrogens with two attached hydrogens (primary N) is 1. The maximum absolute atomic E-state index is 13.0. The van der Waals surface area contributed by atoms with Gasteiger partial charge in [-0.3, -0.25) is 14.5 Å². The fraction of sp³-hybridized carbons (Fsp3) is 0.882. The molecule has 0 atom stereocenters. The highest BCUT2D eigenvalue weighted by Crippen LogP contribution is 2.32. The second-order valence-corrected chi connectivity index (χ2v) is 7.16. The SMILES string of the molecule is Cl.Cl.NCC1(C(=O)N2CCN(CC(=O)N3CCOCC3)CC2)CCOCC1. The minimum Gasteiger partial charge on any atom is -0.381 e. The van der Waals surface area contributed by atoms with E-state index in [1.807, 2.05) is 9.80 Å². The minimum atomic E-state index is -0.454. The van der Waals surface area contributed by atoms with E-state index in [2.05, 4.69) is 4.90 Å². The molecule has 3 aliphatic rings. The first-order chi connectivity index (χ1) is 12.1. The third-order valence-corrected chi connectivity index (χ3v) is 5.68. The second kappa shape index (κ2) is 11.4. The molecule has 0 saturated carbocycles. The van der Waals surface area contributed by atoms with Crippen LogP contribution in [0.1, 0.15) is 12.8 Å². The summed E-state index contributed by atoms with van der Waals surface area (Å²) in [6.07, 6.45) is 1.41. The molecule has 0 aromatic carbocycles. The van der Waals surface area contributed by atoms with Gasteiger partial charge in [0.2, 0.25) is 11.8 Å². The molecular formula is C17H32Cl2N4O4. The third-order valence-electron chi connectivity index (χ3n) is 5.68. The Labute approximate surface area is 173 Å². The van der Waals surface area contributed by atoms with Gasteiger partial charge in [-0.1, -0.05) is 0 Å². The first-order valence-corrected chi connectivity index (χ1v) is 9.30. The zero-order valence-corrected chi connectivity index (χ0v) is 17.4. The number of hydrogen-bond donors (Lipinski definition) is 1. The van der Waals surface area contributed by atoms with Gasteiger partial charge >= 0.3 is 0 Å². The predicted molar refractivity (Wildman–Crippen MR) is 106 cm³/mol. The van der Waals surface area contributed by atoms with E-state index in [0.29, 0.717) is 78.5 Å². The molecule has 3 heterocycles. The molecule has 0 aromatic heterocycles. The lowest BCUT2D eigenvalue weighted by Gasteiger charge is -2.42. The van der Waals surface area contributed by atoms with E-state index in [9.17, 15) is 9.59 Å². The Balaban J connectivity index is 0.00000182. The van der Waals surface area contributed by atoms with Crippen LogP contribution in [0.4, 0.5) is 0 Å². The minimum absolute atomic E-state index is 0. The van der Waals surface area contributed by atoms with Crippen molar-refractivity contribution in [3.63, 3.8) is 0 Å². The van der Waals surface area contributed by atoms with Crippen LogP contribution < -0.4 is 5.73 Å². The van der Waals surface area contributed by atoms with Crippen molar-refractivity contribution in [3.05, 3.63) is 0 Å². The fourth-order valence-electron chi connectivity index (χ4n) is 3.82. The van der Waals surface area contributed by atoms with Gasteiger partial charge < -0.3 is 25.0 Å². The highest BCUT2D eigenvalue weighted by atomic mass is 35.5. The van der Waals surface area contributed by atoms with Crippen molar-refractivity contribution in [2.45, 2.75) is 12.8 Å². The highest BCUT2D eigenvalue weighted by Gasteiger charge is 2.42. The van der Waals surface area contributed by atoms with Gasteiger partial charge in [-0.25, -0.2) is 0 Å². The van der Waals surface area contributed by atoms with Crippen molar-refractivity contribution >= 4 is 36.6 Å². The summed E-state index contributed by atoms with van der Waals surface area (Å²) >= 11 is 0. The molecule has 158 valence electrons. The summed E-state index contributed by atoms with van der Waals surface area (Å²) in [4.78, 5) is 31.2. The Hall–Kier alpha value is -0.640. The van der Waals surface area contributed by atoms with E-state index in [-0.39, 0.29) is 36.6 Å². The van der Waals surface area contributed by atoms with E-state index in [4.69, 9.17) is 15.2 Å². The lowest BCUT2D eigenvalue weighted by atomic mass is 9.78. The highest BCUT2D eigenvalue weighted by molar-refractivity contribution is 5.85. The van der Waals surface area contributed by atoms with Gasteiger partial charge in [-0.05, 0) is 12.8 Å². The lowest BCUT2D eigenvalue weighted by molar-refractivity contribution is -0.149. The largest absolute Gasteiger partial charge is 0.381 e. The van der Waals surface area contributed by atoms with E-state index in [1.165, 1.54) is 0 Å². The number of carbonyl (C=O) groups is 2. The van der Waals surface area contributed by atoms with Crippen LogP contribution in [0.15, 0.2) is 0 Å². The van der Waals surface area contributed by atoms with Gasteiger partial charge in [0, 0.05) is 59.0 Å². The summed E-state index contributed by atoms with van der Waals surface area (Å²) in [6.45, 7) is 7.43. The van der Waals surface area contributed by atoms with Gasteiger partial charge in [-0.2, -0.15) is 0 Å². The summed E-state index contributed by atoms with van der Waals surface area (Å²) in [6, 6.07) is 0. The molecule has 3 rings (SSSR count). The molecule has 0 unspecified atom stereocenters. The van der Waals surface area contributed by atoms with Crippen molar-refractivity contribution in [1.29, 1.82) is 0 Å². The molecule has 2 amide bonds. The number of halogens is 2. The van der Waals surface area contributed by atoms with Crippen molar-refractivity contribution in [2.24, 2.45) is 11.1 Å². The number of amides is 2. The number of carbonyl (C=O) groups excluding carboxylic acids is 2. The number of rotatable bonds is 4. The summed E-state index contributed by atoms with van der Waals surface area (Å²) in [5.74, 6) is 0.323. The Morgan fingerprint density at radius 2 is 1.37 bits per heavy atom. The first kappa shape index (κ1) is 24.4. The maximum atomic E-state index is 13.0. The molecule has 3 aliphatic heterocycles. The molecule has 0 aromatic rings. The van der Waals surface area contributed by atoms with Crippen molar-refractivity contribution < 1.29 is 19.1 Å². The van der Waals surface area contributed by atoms with Crippen LogP contribution in [0.2, 0.25) is 0 Å². The van der Waals surface area contributed by atoms with E-state index in [1.54, 1.807) is 0 Å². The van der Waals surface area contributed by atoms with Crippen molar-refractivity contribution in [1.82, 2.24) is 14.7 Å². The van der Waals surface area contributed by atoms with Gasteiger partial charge in [0.1, 0.15) is 0 Å². The molecule has 8 nitrogen and oxygen atoms in total. The summed E-state index contributed by atoms with van der Waals surface area (Å²) in [7, 11) is 0. The van der Waals surface area contributed by atoms with Crippen LogP contribution >= 0.6 is 24.8 Å². The zero-order valence-electron chi connectivity index (χ0n) is 15.8. The molecule has 0 aliphatic carbocycles. The van der Waals surface area contributed by atoms with Gasteiger partial charge in [0.25, 0.3) is 0 Å². The Morgan fingerprint density at radius 1 is 0.815 bits per heavy atom. The summed E-state index contributed by atoms with van der Waals surface area (Å²) in [5.41, 5.74) is 5.49. The summed E-state index contributed by atoms with van der Waals surface area (Å²) < 4.78 is 10.7. The van der Waals surface area contributed by atoms with Crippen LogP contribution in [-0.4, -0.2) is 105 Å². The number of nitrogens with zero attached hydrogens (tertiary/aromatic N) is 3. The maximum Gasteiger partial charge on any atom is 0.236 e. The molecule has 0 radical (unpaired) electrons. The van der Waals surface area contributed by atoms with Crippen molar-refractivity contribution in [2.75, 3.05) is 78.8 Å². The van der Waals surface area contributed by atoms with Crippen LogP contribution in [-0.2, 0) is 19.1 Å². The molecule has 27 heavy (non-hydrogen) atoms. The van der Waals surface area contributed by atoms with Gasteiger partial charge in [0.15, 0.2) is 0 Å². The fourth-order valence-corrected chi connectivity index (χ4v) is 3.82. The van der Waals surface area contributed by atoms with Crippen LogP contribution in [0.3, 0.4) is 0 Å². The molecule has 0 spiro atoms. The monoisotopic (exact) mass is 426 g/mol. The average molecular weight is 427 g/mol. The molecule has 0 bridgehead atoms. The molecule has 3 fully saturated rings. The van der Waals surface area contributed by atoms with Crippen molar-refractivity contribution in [3.8, 4) is 0 Å². The Bertz CT molecular complexity index is 478. The second-order valence-electron chi connectivity index (χ2n) is 7.16. The quantitative estimate of drug-likeness (QED) is 0.657. The van der Waals surface area contributed by atoms with Crippen LogP contribution in [0.25, 0.3) is 0 Å². The molecule has 3 saturated heterocycles. The predicted octanol–water partition coefficient (Wildman–Crippen LogP) is -0.411. The Kier molecular flexibility index (Phi) is 10.3. The lowest BCUT2D eigenvalue weighted by Crippen LogP contribution is -2.57. The first-order valence-electron chi connectivity index (χ1n) is 9.30. The topological polar surface area (TPSA) is 88.3 Å². The molecular weight excluding hydrogens is 395 g/mol. The van der Waals surface area contributed by atoms with E-state index < -0.39 is 5.41 Å². The van der Waals surface area contributed by atoms with Gasteiger partial charge in [0.05, 0.1) is 25.2 Å². The number of piperazine rings is 1. The zero-order chi connectivity index (χ0) is 17.7. The number of morpholine rings is 1. The molecule has 10 heteroatoms. The van der Waals surface area contributed by atoms with Crippen LogP contribution in [0.5, 0.6) is 0 Å². The number of ether oxygens (including phenoxy) is 2.